The summed E-state index contributed by atoms with van der Waals surface area (Å²) >= 11 is 0. The largest absolute Gasteiger partial charge is 0.379 e. The summed E-state index contributed by atoms with van der Waals surface area (Å²) in [5.41, 5.74) is 7.18. The third kappa shape index (κ3) is 4.21. The van der Waals surface area contributed by atoms with E-state index in [0.29, 0.717) is 12.0 Å². The summed E-state index contributed by atoms with van der Waals surface area (Å²) in [7, 11) is 0. The lowest BCUT2D eigenvalue weighted by Crippen LogP contribution is -2.35. The molecule has 0 radical (unpaired) electrons. The predicted molar refractivity (Wildman–Crippen MR) is 117 cm³/mol. The van der Waals surface area contributed by atoms with E-state index < -0.39 is 0 Å². The van der Waals surface area contributed by atoms with E-state index in [-0.39, 0.29) is 0 Å². The smallest absolute Gasteiger partial charge is 0.0594 e. The molecule has 3 nitrogen and oxygen atoms in total. The van der Waals surface area contributed by atoms with Gasteiger partial charge in [0.05, 0.1) is 13.2 Å². The number of rotatable bonds is 5. The molecule has 0 unspecified atom stereocenters. The quantitative estimate of drug-likeness (QED) is 0.640. The van der Waals surface area contributed by atoms with E-state index in [1.54, 1.807) is 0 Å². The molecule has 152 valence electrons. The van der Waals surface area contributed by atoms with E-state index in [2.05, 4.69) is 60.6 Å². The lowest BCUT2D eigenvalue weighted by Gasteiger charge is -2.28. The van der Waals surface area contributed by atoms with Crippen molar-refractivity contribution in [3.8, 4) is 11.3 Å². The number of hydrogen-bond acceptors (Lipinski definition) is 2. The van der Waals surface area contributed by atoms with Crippen LogP contribution in [0.15, 0.2) is 30.3 Å². The summed E-state index contributed by atoms with van der Waals surface area (Å²) in [5, 5.41) is 0. The van der Waals surface area contributed by atoms with Crippen molar-refractivity contribution in [3.05, 3.63) is 47.2 Å². The zero-order valence-electron chi connectivity index (χ0n) is 17.9. The molecule has 0 amide bonds. The minimum absolute atomic E-state index is 0.581. The first-order valence-corrected chi connectivity index (χ1v) is 11.2. The van der Waals surface area contributed by atoms with Gasteiger partial charge in [-0.1, -0.05) is 57.4 Å². The van der Waals surface area contributed by atoms with Crippen molar-refractivity contribution < 1.29 is 4.74 Å². The zero-order valence-corrected chi connectivity index (χ0v) is 17.9. The van der Waals surface area contributed by atoms with Crippen LogP contribution in [0.3, 0.4) is 0 Å². The van der Waals surface area contributed by atoms with Crippen LogP contribution in [-0.4, -0.2) is 35.8 Å². The SMILES string of the molecule is Cc1c(CN2CCOCC2)cc(-c2ccc(C(C)C)cc2)n1C1CCCCC1. The highest BCUT2D eigenvalue weighted by Crippen LogP contribution is 2.37. The van der Waals surface area contributed by atoms with Crippen molar-refractivity contribution in [1.29, 1.82) is 0 Å². The van der Waals surface area contributed by atoms with Crippen LogP contribution < -0.4 is 0 Å². The maximum atomic E-state index is 5.54. The summed E-state index contributed by atoms with van der Waals surface area (Å²) in [6, 6.07) is 12.4. The van der Waals surface area contributed by atoms with Gasteiger partial charge in [-0.15, -0.1) is 0 Å². The van der Waals surface area contributed by atoms with Crippen molar-refractivity contribution in [3.63, 3.8) is 0 Å². The summed E-state index contributed by atoms with van der Waals surface area (Å²) < 4.78 is 8.22. The van der Waals surface area contributed by atoms with E-state index in [9.17, 15) is 0 Å². The van der Waals surface area contributed by atoms with Crippen LogP contribution >= 0.6 is 0 Å². The van der Waals surface area contributed by atoms with Crippen LogP contribution in [0, 0.1) is 6.92 Å². The minimum Gasteiger partial charge on any atom is -0.379 e. The van der Waals surface area contributed by atoms with E-state index in [1.165, 1.54) is 60.2 Å². The first-order valence-electron chi connectivity index (χ1n) is 11.2. The van der Waals surface area contributed by atoms with Gasteiger partial charge in [-0.05, 0) is 48.4 Å². The third-order valence-corrected chi connectivity index (χ3v) is 6.71. The minimum atomic E-state index is 0.581. The Bertz CT molecular complexity index is 763. The highest BCUT2D eigenvalue weighted by molar-refractivity contribution is 5.63. The molecule has 1 aliphatic carbocycles. The Hall–Kier alpha value is -1.58. The molecule has 2 aromatic rings. The number of hydrogen-bond donors (Lipinski definition) is 0. The number of aromatic nitrogens is 1. The molecular formula is C25H36N2O. The fourth-order valence-corrected chi connectivity index (χ4v) is 4.91. The van der Waals surface area contributed by atoms with Gasteiger partial charge in [-0.3, -0.25) is 4.90 Å². The normalized spacial score (nSPS) is 19.4. The molecule has 0 spiro atoms. The highest BCUT2D eigenvalue weighted by atomic mass is 16.5. The van der Waals surface area contributed by atoms with Crippen molar-refractivity contribution in [2.24, 2.45) is 0 Å². The standard InChI is InChI=1S/C25H36N2O/c1-19(2)21-9-11-22(12-10-21)25-17-23(18-26-13-15-28-16-14-26)20(3)27(25)24-7-5-4-6-8-24/h9-12,17,19,24H,4-8,13-16,18H2,1-3H3. The number of benzene rings is 1. The molecule has 1 saturated heterocycles. The predicted octanol–water partition coefficient (Wildman–Crippen LogP) is 5.92. The van der Waals surface area contributed by atoms with Gasteiger partial charge in [0.2, 0.25) is 0 Å². The molecule has 1 aromatic heterocycles. The van der Waals surface area contributed by atoms with Crippen molar-refractivity contribution in [1.82, 2.24) is 9.47 Å². The maximum absolute atomic E-state index is 5.54. The fraction of sp³-hybridized carbons (Fsp3) is 0.600. The second-order valence-corrected chi connectivity index (χ2v) is 8.97. The first-order chi connectivity index (χ1) is 13.6. The van der Waals surface area contributed by atoms with Gasteiger partial charge in [0.15, 0.2) is 0 Å². The van der Waals surface area contributed by atoms with Gasteiger partial charge in [-0.25, -0.2) is 0 Å². The molecule has 28 heavy (non-hydrogen) atoms. The molecule has 0 bridgehead atoms. The molecular weight excluding hydrogens is 344 g/mol. The molecule has 0 atom stereocenters. The number of ether oxygens (including phenoxy) is 1. The van der Waals surface area contributed by atoms with Gasteiger partial charge >= 0.3 is 0 Å². The lowest BCUT2D eigenvalue weighted by atomic mass is 9.94. The summed E-state index contributed by atoms with van der Waals surface area (Å²) in [6.45, 7) is 11.8. The van der Waals surface area contributed by atoms with Crippen LogP contribution in [-0.2, 0) is 11.3 Å². The Morgan fingerprint density at radius 3 is 2.32 bits per heavy atom. The number of morpholine rings is 1. The van der Waals surface area contributed by atoms with Crippen LogP contribution in [0.4, 0.5) is 0 Å². The van der Waals surface area contributed by atoms with Crippen molar-refractivity contribution >= 4 is 0 Å². The van der Waals surface area contributed by atoms with E-state index in [1.807, 2.05) is 0 Å². The van der Waals surface area contributed by atoms with Crippen LogP contribution in [0.25, 0.3) is 11.3 Å². The molecule has 0 N–H and O–H groups in total. The fourth-order valence-electron chi connectivity index (χ4n) is 4.91. The molecule has 1 saturated carbocycles. The van der Waals surface area contributed by atoms with Gasteiger partial charge in [0.1, 0.15) is 0 Å². The van der Waals surface area contributed by atoms with Gasteiger partial charge in [0.25, 0.3) is 0 Å². The van der Waals surface area contributed by atoms with Gasteiger partial charge < -0.3 is 9.30 Å². The molecule has 2 heterocycles. The van der Waals surface area contributed by atoms with Crippen LogP contribution in [0.2, 0.25) is 0 Å². The monoisotopic (exact) mass is 380 g/mol. The average molecular weight is 381 g/mol. The molecule has 2 aliphatic rings. The summed E-state index contributed by atoms with van der Waals surface area (Å²) in [6.07, 6.45) is 6.78. The van der Waals surface area contributed by atoms with Crippen LogP contribution in [0.1, 0.15) is 74.7 Å². The average Bonchev–Trinajstić information content (AvgIpc) is 3.05. The second-order valence-electron chi connectivity index (χ2n) is 8.97. The highest BCUT2D eigenvalue weighted by Gasteiger charge is 2.23. The summed E-state index contributed by atoms with van der Waals surface area (Å²) in [4.78, 5) is 2.54. The third-order valence-electron chi connectivity index (χ3n) is 6.71. The van der Waals surface area contributed by atoms with Crippen molar-refractivity contribution in [2.45, 2.75) is 71.4 Å². The molecule has 1 aliphatic heterocycles. The Morgan fingerprint density at radius 2 is 1.68 bits per heavy atom. The van der Waals surface area contributed by atoms with E-state index in [4.69, 9.17) is 4.74 Å². The molecule has 1 aromatic carbocycles. The Kier molecular flexibility index (Phi) is 6.22. The zero-order chi connectivity index (χ0) is 19.5. The topological polar surface area (TPSA) is 17.4 Å². The molecule has 2 fully saturated rings. The second kappa shape index (κ2) is 8.84. The molecule has 3 heteroatoms. The lowest BCUT2D eigenvalue weighted by molar-refractivity contribution is 0.0341. The van der Waals surface area contributed by atoms with Gasteiger partial charge in [0, 0.05) is 37.1 Å². The Morgan fingerprint density at radius 1 is 1.00 bits per heavy atom. The molecule has 4 rings (SSSR count). The summed E-state index contributed by atoms with van der Waals surface area (Å²) in [5.74, 6) is 0.581. The van der Waals surface area contributed by atoms with Crippen molar-refractivity contribution in [2.75, 3.05) is 26.3 Å². The Balaban J connectivity index is 1.68. The van der Waals surface area contributed by atoms with E-state index >= 15 is 0 Å². The van der Waals surface area contributed by atoms with E-state index in [0.717, 1.165) is 32.8 Å². The first kappa shape index (κ1) is 19.7. The Labute approximate surface area is 170 Å². The van der Waals surface area contributed by atoms with Gasteiger partial charge in [-0.2, -0.15) is 0 Å². The van der Waals surface area contributed by atoms with Crippen LogP contribution in [0.5, 0.6) is 0 Å². The number of nitrogens with zero attached hydrogens (tertiary/aromatic N) is 2. The maximum Gasteiger partial charge on any atom is 0.0594 e.